The summed E-state index contributed by atoms with van der Waals surface area (Å²) >= 11 is 0.708. The molecule has 27 heavy (non-hydrogen) atoms. The quantitative estimate of drug-likeness (QED) is 0.714. The van der Waals surface area contributed by atoms with E-state index in [0.717, 1.165) is 16.1 Å². The van der Waals surface area contributed by atoms with Crippen molar-refractivity contribution in [2.45, 2.75) is 50.9 Å². The van der Waals surface area contributed by atoms with Gasteiger partial charge in [0.05, 0.1) is 11.4 Å². The number of rotatable bonds is 6. The summed E-state index contributed by atoms with van der Waals surface area (Å²) in [5, 5.41) is 2.64. The molecule has 0 N–H and O–H groups in total. The minimum absolute atomic E-state index is 0.0755. The van der Waals surface area contributed by atoms with E-state index in [9.17, 15) is 13.6 Å². The molecule has 0 radical (unpaired) electrons. The maximum absolute atomic E-state index is 13.5. The van der Waals surface area contributed by atoms with Crippen molar-refractivity contribution in [2.24, 2.45) is 5.92 Å². The van der Waals surface area contributed by atoms with Gasteiger partial charge in [-0.2, -0.15) is 8.42 Å². The van der Waals surface area contributed by atoms with Gasteiger partial charge in [-0.25, -0.2) is 13.8 Å². The highest BCUT2D eigenvalue weighted by Gasteiger charge is 2.37. The van der Waals surface area contributed by atoms with Crippen molar-refractivity contribution in [3.05, 3.63) is 52.0 Å². The lowest BCUT2D eigenvalue weighted by molar-refractivity contribution is -0.120. The lowest BCUT2D eigenvalue weighted by atomic mass is 9.84. The Hall–Kier alpha value is -1.80. The number of alkyl halides is 2. The van der Waals surface area contributed by atoms with Gasteiger partial charge < -0.3 is 0 Å². The first-order valence-electron chi connectivity index (χ1n) is 8.62. The van der Waals surface area contributed by atoms with Gasteiger partial charge in [-0.3, -0.25) is 4.79 Å². The fourth-order valence-corrected chi connectivity index (χ4v) is 4.05. The number of aryl methyl sites for hydroxylation is 1. The summed E-state index contributed by atoms with van der Waals surface area (Å²) in [7, 11) is 0. The van der Waals surface area contributed by atoms with Crippen molar-refractivity contribution in [2.75, 3.05) is 0 Å². The number of halogens is 2. The smallest absolute Gasteiger partial charge is 0.299 e. The number of Topliss-reactive ketones (excluding diaryl/α,β-unsaturated/α-hetero) is 1. The third-order valence-corrected chi connectivity index (χ3v) is 5.54. The van der Waals surface area contributed by atoms with Crippen molar-refractivity contribution in [3.63, 3.8) is 0 Å². The zero-order valence-corrected chi connectivity index (χ0v) is 16.5. The fourth-order valence-electron chi connectivity index (χ4n) is 3.42. The summed E-state index contributed by atoms with van der Waals surface area (Å²) in [5.41, 5.74) is 2.05. The highest BCUT2D eigenvalue weighted by molar-refractivity contribution is 7.51. The van der Waals surface area contributed by atoms with E-state index >= 15 is 0 Å². The molecule has 1 fully saturated rings. The van der Waals surface area contributed by atoms with E-state index in [4.69, 9.17) is 8.42 Å². The number of carbonyl (C=O) groups is 1. The number of benzene rings is 1. The van der Waals surface area contributed by atoms with Crippen LogP contribution in [0.2, 0.25) is 0 Å². The van der Waals surface area contributed by atoms with Gasteiger partial charge in [-0.1, -0.05) is 29.8 Å². The van der Waals surface area contributed by atoms with Gasteiger partial charge in [0.15, 0.2) is 0 Å². The molecule has 0 spiro atoms. The normalized spacial score (nSPS) is 22.6. The van der Waals surface area contributed by atoms with Gasteiger partial charge in [-0.05, 0) is 37.7 Å². The van der Waals surface area contributed by atoms with Crippen molar-refractivity contribution in [1.29, 1.82) is 0 Å². The summed E-state index contributed by atoms with van der Waals surface area (Å²) in [6.45, 7) is 1.99. The molecule has 0 aliphatic heterocycles. The van der Waals surface area contributed by atoms with E-state index in [1.54, 1.807) is 6.20 Å². The summed E-state index contributed by atoms with van der Waals surface area (Å²) in [5.74, 6) is -0.329. The summed E-state index contributed by atoms with van der Waals surface area (Å²) in [6, 6.07) is 7.86. The van der Waals surface area contributed by atoms with E-state index < -0.39 is 23.9 Å². The molecule has 1 aliphatic carbocycles. The number of thiazole rings is 1. The van der Waals surface area contributed by atoms with Crippen LogP contribution in [0.25, 0.3) is 0 Å². The van der Waals surface area contributed by atoms with Gasteiger partial charge >= 0.3 is 11.6 Å². The molecular formula is C19H21F2NO3S2. The van der Waals surface area contributed by atoms with E-state index in [2.05, 4.69) is 4.98 Å². The molecular weight excluding hydrogens is 392 g/mol. The minimum Gasteiger partial charge on any atom is -0.299 e. The van der Waals surface area contributed by atoms with E-state index in [1.807, 2.05) is 36.6 Å². The lowest BCUT2D eigenvalue weighted by Gasteiger charge is -2.20. The first-order chi connectivity index (χ1) is 12.9. The Bertz CT molecular complexity index is 752. The first-order valence-corrected chi connectivity index (χ1v) is 10.2. The molecule has 0 saturated heterocycles. The molecule has 2 unspecified atom stereocenters. The molecule has 1 saturated carbocycles. The maximum atomic E-state index is 13.5. The molecule has 2 aromatic rings. The molecule has 146 valence electrons. The number of nitrogens with zero attached hydrogens (tertiary/aromatic N) is 1. The molecule has 1 aromatic heterocycles. The van der Waals surface area contributed by atoms with Gasteiger partial charge in [0.25, 0.3) is 0 Å². The molecule has 1 aliphatic rings. The Morgan fingerprint density at radius 2 is 1.81 bits per heavy atom. The zero-order valence-electron chi connectivity index (χ0n) is 14.8. The Labute approximate surface area is 164 Å². The van der Waals surface area contributed by atoms with Crippen LogP contribution in [0, 0.1) is 12.8 Å². The van der Waals surface area contributed by atoms with E-state index in [-0.39, 0.29) is 36.9 Å². The van der Waals surface area contributed by atoms with Gasteiger partial charge in [0, 0.05) is 17.5 Å². The second-order valence-electron chi connectivity index (χ2n) is 6.71. The lowest BCUT2D eigenvalue weighted by Crippen LogP contribution is -2.18. The molecule has 3 rings (SSSR count). The number of hydrogen-bond donors (Lipinski definition) is 0. The number of aromatic nitrogens is 1. The van der Waals surface area contributed by atoms with E-state index in [0.29, 0.717) is 6.42 Å². The average Bonchev–Trinajstić information content (AvgIpc) is 3.24. The van der Waals surface area contributed by atoms with E-state index in [1.165, 1.54) is 11.3 Å². The van der Waals surface area contributed by atoms with Crippen LogP contribution in [0.5, 0.6) is 0 Å². The Balaban J connectivity index is 0.000000817. The van der Waals surface area contributed by atoms with Crippen LogP contribution in [-0.4, -0.2) is 31.5 Å². The summed E-state index contributed by atoms with van der Waals surface area (Å²) in [6.07, 6.45) is 0.134. The molecule has 4 nitrogen and oxygen atoms in total. The predicted molar refractivity (Wildman–Crippen MR) is 101 cm³/mol. The summed E-state index contributed by atoms with van der Waals surface area (Å²) in [4.78, 5) is 17.0. The van der Waals surface area contributed by atoms with Crippen LogP contribution in [0.4, 0.5) is 8.78 Å². The van der Waals surface area contributed by atoms with Crippen LogP contribution >= 0.6 is 11.3 Å². The van der Waals surface area contributed by atoms with Crippen LogP contribution < -0.4 is 0 Å². The zero-order chi connectivity index (χ0) is 19.8. The largest absolute Gasteiger partial charge is 0.335 e. The van der Waals surface area contributed by atoms with Crippen molar-refractivity contribution in [1.82, 2.24) is 4.98 Å². The van der Waals surface area contributed by atoms with Gasteiger partial charge in [-0.15, -0.1) is 11.3 Å². The molecule has 1 heterocycles. The second-order valence-corrected chi connectivity index (χ2v) is 7.82. The van der Waals surface area contributed by atoms with Crippen molar-refractivity contribution >= 4 is 28.7 Å². The van der Waals surface area contributed by atoms with Gasteiger partial charge in [0.1, 0.15) is 18.1 Å². The second kappa shape index (κ2) is 10.5. The van der Waals surface area contributed by atoms with Gasteiger partial charge in [0.2, 0.25) is 0 Å². The minimum atomic E-state index is -1.39. The Morgan fingerprint density at radius 3 is 2.33 bits per heavy atom. The third kappa shape index (κ3) is 6.39. The fraction of sp³-hybridized carbons (Fsp3) is 0.474. The SMILES string of the molecule is Cc1ccc(C(CC2C[C@@H](F)[C@@H](F)C2)C(=O)Cc2nccs2)cc1.O=S=O. The molecule has 0 bridgehead atoms. The summed E-state index contributed by atoms with van der Waals surface area (Å²) < 4.78 is 43.6. The number of hydrogen-bond acceptors (Lipinski definition) is 5. The number of ketones is 1. The molecule has 8 heteroatoms. The highest BCUT2D eigenvalue weighted by Crippen LogP contribution is 2.38. The predicted octanol–water partition coefficient (Wildman–Crippen LogP) is 4.15. The van der Waals surface area contributed by atoms with Crippen LogP contribution in [0.3, 0.4) is 0 Å². The van der Waals surface area contributed by atoms with Crippen LogP contribution in [-0.2, 0) is 22.8 Å². The van der Waals surface area contributed by atoms with Crippen molar-refractivity contribution in [3.8, 4) is 0 Å². The molecule has 4 atom stereocenters. The molecule has 1 aromatic carbocycles. The molecule has 0 amide bonds. The van der Waals surface area contributed by atoms with Crippen LogP contribution in [0.1, 0.15) is 41.3 Å². The number of carbonyl (C=O) groups excluding carboxylic acids is 1. The topological polar surface area (TPSA) is 64.1 Å². The highest BCUT2D eigenvalue weighted by atomic mass is 32.1. The average molecular weight is 414 g/mol. The van der Waals surface area contributed by atoms with Crippen LogP contribution in [0.15, 0.2) is 35.8 Å². The monoisotopic (exact) mass is 413 g/mol. The Morgan fingerprint density at radius 1 is 1.22 bits per heavy atom. The first kappa shape index (κ1) is 21.5. The van der Waals surface area contributed by atoms with Crippen molar-refractivity contribution < 1.29 is 22.0 Å². The Kier molecular flexibility index (Phi) is 8.37. The standard InChI is InChI=1S/C19H21F2NOS.O2S/c1-12-2-4-14(5-3-12)15(8-13-9-16(20)17(21)10-13)18(23)11-19-22-6-7-24-19;1-3-2/h2-7,13,15-17H,8-11H2,1H3;/t13?,15?,16-,17+;. The maximum Gasteiger partial charge on any atom is 0.335 e. The third-order valence-electron chi connectivity index (χ3n) is 4.76.